The van der Waals surface area contributed by atoms with E-state index in [2.05, 4.69) is 189 Å². The number of aromatic amines is 2. The van der Waals surface area contributed by atoms with Crippen LogP contribution in [0.25, 0.3) is 11.0 Å². The molecule has 6 rings (SSSR count). The van der Waals surface area contributed by atoms with Crippen LogP contribution in [0.2, 0.25) is 0 Å². The fourth-order valence-corrected chi connectivity index (χ4v) is 5.03. The number of benzene rings is 2. The predicted molar refractivity (Wildman–Crippen MR) is 232 cm³/mol. The first-order chi connectivity index (χ1) is 24.9. The highest BCUT2D eigenvalue weighted by Crippen LogP contribution is 2.28. The van der Waals surface area contributed by atoms with Gasteiger partial charge in [-0.3, -0.25) is 14.8 Å². The second kappa shape index (κ2) is 19.5. The van der Waals surface area contributed by atoms with E-state index >= 15 is 0 Å². The Morgan fingerprint density at radius 1 is 0.481 bits per heavy atom. The van der Waals surface area contributed by atoms with Crippen LogP contribution in [0.1, 0.15) is 132 Å². The molecule has 6 nitrogen and oxygen atoms in total. The number of para-hydroxylation sites is 1. The maximum Gasteiger partial charge on any atom is 0.248 e. The summed E-state index contributed by atoms with van der Waals surface area (Å²) in [6.07, 6.45) is 8.98. The standard InChI is InChI=1S/C11H14N2.C10H14.C9H13NO.2C9H13N/c1-11(2,3)8-5-4-6-9-10(8)13-7-12-9;1-10(2,3)9-7-5-4-6-8-9;1-9(2,3)7-4-5-10-8(11)6-7;1-9(2,3)8-5-4-6-10-7-8;1-9(2,3)8-6-4-5-7-10-8/h4-7H,1-3H3,(H,12,13);4-8H,1-3H3;4-6H,1-3H3,(H,10,11);2*4-7H,1-3H3. The summed E-state index contributed by atoms with van der Waals surface area (Å²) in [6.45, 7) is 32.6. The third-order valence-electron chi connectivity index (χ3n) is 8.50. The van der Waals surface area contributed by atoms with Crippen molar-refractivity contribution in [2.45, 2.75) is 131 Å². The van der Waals surface area contributed by atoms with Gasteiger partial charge >= 0.3 is 0 Å². The smallest absolute Gasteiger partial charge is 0.248 e. The van der Waals surface area contributed by atoms with Gasteiger partial charge in [-0.05, 0) is 74.2 Å². The number of nitrogens with one attached hydrogen (secondary N) is 2. The van der Waals surface area contributed by atoms with Crippen LogP contribution < -0.4 is 5.56 Å². The van der Waals surface area contributed by atoms with E-state index in [9.17, 15) is 4.79 Å². The molecular formula is C48H67N5O. The van der Waals surface area contributed by atoms with Crippen molar-refractivity contribution in [2.75, 3.05) is 0 Å². The van der Waals surface area contributed by atoms with Crippen LogP contribution in [0.5, 0.6) is 0 Å². The van der Waals surface area contributed by atoms with Gasteiger partial charge in [0.15, 0.2) is 0 Å². The van der Waals surface area contributed by atoms with Crippen molar-refractivity contribution in [1.82, 2.24) is 24.9 Å². The van der Waals surface area contributed by atoms with Gasteiger partial charge in [0.25, 0.3) is 0 Å². The van der Waals surface area contributed by atoms with E-state index in [0.717, 1.165) is 22.3 Å². The molecule has 0 aliphatic heterocycles. The maximum absolute atomic E-state index is 10.9. The van der Waals surface area contributed by atoms with Crippen LogP contribution in [0.3, 0.4) is 0 Å². The third-order valence-corrected chi connectivity index (χ3v) is 8.50. The number of rotatable bonds is 0. The average Bonchev–Trinajstić information content (AvgIpc) is 3.58. The number of hydrogen-bond acceptors (Lipinski definition) is 4. The molecule has 6 aromatic rings. The van der Waals surface area contributed by atoms with Crippen LogP contribution in [-0.4, -0.2) is 24.9 Å². The third kappa shape index (κ3) is 16.0. The summed E-state index contributed by atoms with van der Waals surface area (Å²) in [4.78, 5) is 29.2. The number of H-pyrrole nitrogens is 2. The average molecular weight is 730 g/mol. The van der Waals surface area contributed by atoms with Gasteiger partial charge in [-0.15, -0.1) is 0 Å². The molecule has 0 bridgehead atoms. The van der Waals surface area contributed by atoms with E-state index in [4.69, 9.17) is 0 Å². The van der Waals surface area contributed by atoms with Crippen LogP contribution in [0, 0.1) is 0 Å². The quantitative estimate of drug-likeness (QED) is 0.163. The number of nitrogens with zero attached hydrogens (tertiary/aromatic N) is 3. The van der Waals surface area contributed by atoms with Crippen molar-refractivity contribution in [1.29, 1.82) is 0 Å². The molecule has 0 atom stereocenters. The van der Waals surface area contributed by atoms with Gasteiger partial charge in [-0.25, -0.2) is 4.98 Å². The largest absolute Gasteiger partial charge is 0.345 e. The molecular weight excluding hydrogens is 663 g/mol. The lowest BCUT2D eigenvalue weighted by molar-refractivity contribution is 0.569. The number of pyridine rings is 3. The van der Waals surface area contributed by atoms with Crippen LogP contribution in [-0.2, 0) is 27.1 Å². The highest BCUT2D eigenvalue weighted by Gasteiger charge is 2.18. The fraction of sp³-hybridized carbons (Fsp3) is 0.417. The molecule has 4 aromatic heterocycles. The Kier molecular flexibility index (Phi) is 16.3. The molecule has 0 radical (unpaired) electrons. The maximum atomic E-state index is 10.9. The summed E-state index contributed by atoms with van der Waals surface area (Å²) in [5, 5.41) is 0. The molecule has 2 aromatic carbocycles. The van der Waals surface area contributed by atoms with E-state index in [1.165, 1.54) is 16.7 Å². The van der Waals surface area contributed by atoms with Crippen LogP contribution in [0.15, 0.2) is 127 Å². The molecule has 0 saturated carbocycles. The Hall–Kier alpha value is -4.84. The number of fused-ring (bicyclic) bond motifs is 1. The Labute approximate surface area is 326 Å². The Balaban J connectivity index is 0.000000235. The monoisotopic (exact) mass is 730 g/mol. The molecule has 54 heavy (non-hydrogen) atoms. The molecule has 0 saturated heterocycles. The molecule has 2 N–H and O–H groups in total. The minimum absolute atomic E-state index is 0.0302. The van der Waals surface area contributed by atoms with Gasteiger partial charge in [-0.2, -0.15) is 0 Å². The van der Waals surface area contributed by atoms with E-state index in [1.54, 1.807) is 24.8 Å². The summed E-state index contributed by atoms with van der Waals surface area (Å²) in [6, 6.07) is 30.5. The Morgan fingerprint density at radius 2 is 1.07 bits per heavy atom. The van der Waals surface area contributed by atoms with E-state index < -0.39 is 0 Å². The van der Waals surface area contributed by atoms with Crippen molar-refractivity contribution < 1.29 is 0 Å². The van der Waals surface area contributed by atoms with E-state index in [0.29, 0.717) is 5.41 Å². The summed E-state index contributed by atoms with van der Waals surface area (Å²) in [5.41, 5.74) is 9.31. The molecule has 0 aliphatic rings. The lowest BCUT2D eigenvalue weighted by atomic mass is 9.86. The Morgan fingerprint density at radius 3 is 1.48 bits per heavy atom. The van der Waals surface area contributed by atoms with Gasteiger partial charge in [-0.1, -0.05) is 158 Å². The van der Waals surface area contributed by atoms with Gasteiger partial charge < -0.3 is 9.97 Å². The lowest BCUT2D eigenvalue weighted by Gasteiger charge is -2.18. The molecule has 290 valence electrons. The minimum atomic E-state index is -0.0302. The first-order valence-corrected chi connectivity index (χ1v) is 18.9. The molecule has 4 heterocycles. The van der Waals surface area contributed by atoms with Crippen molar-refractivity contribution >= 4 is 11.0 Å². The van der Waals surface area contributed by atoms with Crippen molar-refractivity contribution in [3.63, 3.8) is 0 Å². The van der Waals surface area contributed by atoms with E-state index in [1.807, 2.05) is 36.7 Å². The number of imidazole rings is 1. The van der Waals surface area contributed by atoms with Crippen molar-refractivity contribution in [2.24, 2.45) is 0 Å². The lowest BCUT2D eigenvalue weighted by Crippen LogP contribution is -2.15. The molecule has 0 fully saturated rings. The molecule has 0 unspecified atom stereocenters. The zero-order chi connectivity index (χ0) is 40.8. The van der Waals surface area contributed by atoms with Crippen LogP contribution in [0.4, 0.5) is 0 Å². The van der Waals surface area contributed by atoms with Gasteiger partial charge in [0.1, 0.15) is 0 Å². The number of hydrogen-bond donors (Lipinski definition) is 2. The minimum Gasteiger partial charge on any atom is -0.345 e. The highest BCUT2D eigenvalue weighted by molar-refractivity contribution is 5.79. The van der Waals surface area contributed by atoms with Gasteiger partial charge in [0.05, 0.1) is 17.4 Å². The second-order valence-corrected chi connectivity index (χ2v) is 18.6. The Bertz CT molecular complexity index is 1860. The molecule has 0 spiro atoms. The molecule has 6 heteroatoms. The molecule has 0 amide bonds. The first kappa shape index (κ1) is 45.3. The van der Waals surface area contributed by atoms with Crippen molar-refractivity contribution in [3.05, 3.63) is 160 Å². The van der Waals surface area contributed by atoms with Gasteiger partial charge in [0, 0.05) is 42.0 Å². The first-order valence-electron chi connectivity index (χ1n) is 18.9. The zero-order valence-electron chi connectivity index (χ0n) is 35.8. The summed E-state index contributed by atoms with van der Waals surface area (Å²) < 4.78 is 0. The van der Waals surface area contributed by atoms with Gasteiger partial charge in [0.2, 0.25) is 5.56 Å². The normalized spacial score (nSPS) is 11.7. The summed E-state index contributed by atoms with van der Waals surface area (Å²) >= 11 is 0. The summed E-state index contributed by atoms with van der Waals surface area (Å²) in [7, 11) is 0. The fourth-order valence-electron chi connectivity index (χ4n) is 5.03. The molecule has 0 aliphatic carbocycles. The second-order valence-electron chi connectivity index (χ2n) is 18.6. The topological polar surface area (TPSA) is 87.3 Å². The predicted octanol–water partition coefficient (Wildman–Crippen LogP) is 12.3. The van der Waals surface area contributed by atoms with E-state index in [-0.39, 0.29) is 27.2 Å². The highest BCUT2D eigenvalue weighted by atomic mass is 16.1. The van der Waals surface area contributed by atoms with Crippen molar-refractivity contribution in [3.8, 4) is 0 Å². The summed E-state index contributed by atoms with van der Waals surface area (Å²) in [5.74, 6) is 0. The van der Waals surface area contributed by atoms with Crippen LogP contribution >= 0.6 is 0 Å². The number of aromatic nitrogens is 5. The zero-order valence-corrected chi connectivity index (χ0v) is 35.8. The SMILES string of the molecule is CC(C)(C)c1cc[nH]c(=O)c1.CC(C)(C)c1cccc2[nH]cnc12.CC(C)(C)c1ccccc1.CC(C)(C)c1ccccn1.CC(C)(C)c1cccnc1.